The van der Waals surface area contributed by atoms with Gasteiger partial charge in [0.25, 0.3) is 5.91 Å². The van der Waals surface area contributed by atoms with Crippen molar-refractivity contribution in [3.8, 4) is 5.69 Å². The molecule has 0 spiro atoms. The molecule has 0 atom stereocenters. The Morgan fingerprint density at radius 2 is 1.96 bits per heavy atom. The summed E-state index contributed by atoms with van der Waals surface area (Å²) in [5.41, 5.74) is 4.10. The number of likely N-dealkylation sites (N-methyl/N-ethyl adjacent to an activating group) is 1. The number of thioether (sulfide) groups is 1. The topological polar surface area (TPSA) is 37.6 Å². The first kappa shape index (κ1) is 18.8. The Bertz CT molecular complexity index is 914. The molecule has 2 aromatic rings. The minimum Gasteiger partial charge on any atom is -0.316 e. The lowest BCUT2D eigenvalue weighted by Gasteiger charge is -2.11. The number of aryl methyl sites for hydroxylation is 1. The Kier molecular flexibility index (Phi) is 5.58. The molecule has 1 aliphatic heterocycles. The molecule has 4 nitrogen and oxygen atoms in total. The van der Waals surface area contributed by atoms with Crippen molar-refractivity contribution in [3.63, 3.8) is 0 Å². The van der Waals surface area contributed by atoms with E-state index in [1.54, 1.807) is 4.90 Å². The van der Waals surface area contributed by atoms with E-state index in [4.69, 9.17) is 11.6 Å². The van der Waals surface area contributed by atoms with E-state index in [-0.39, 0.29) is 5.91 Å². The second-order valence-corrected chi connectivity index (χ2v) is 7.45. The van der Waals surface area contributed by atoms with Crippen LogP contribution in [0.5, 0.6) is 0 Å². The zero-order valence-corrected chi connectivity index (χ0v) is 17.0. The van der Waals surface area contributed by atoms with Crippen LogP contribution in [-0.2, 0) is 4.79 Å². The zero-order valence-electron chi connectivity index (χ0n) is 15.4. The number of hydrogen-bond acceptors (Lipinski definition) is 3. The molecule has 0 bridgehead atoms. The molecular formula is C20H22ClN3OS. The molecule has 136 valence electrons. The van der Waals surface area contributed by atoms with Crippen molar-refractivity contribution >= 4 is 40.5 Å². The molecule has 0 aliphatic carbocycles. The van der Waals surface area contributed by atoms with Crippen LogP contribution in [0.4, 0.5) is 0 Å². The van der Waals surface area contributed by atoms with Gasteiger partial charge in [-0.25, -0.2) is 0 Å². The summed E-state index contributed by atoms with van der Waals surface area (Å²) in [6, 6.07) is 9.87. The third kappa shape index (κ3) is 3.33. The van der Waals surface area contributed by atoms with Crippen molar-refractivity contribution in [2.24, 2.45) is 4.99 Å². The van der Waals surface area contributed by atoms with E-state index < -0.39 is 0 Å². The highest BCUT2D eigenvalue weighted by Crippen LogP contribution is 2.34. The quantitative estimate of drug-likeness (QED) is 0.687. The number of amides is 1. The number of aliphatic imine (C=N–C) groups is 1. The fraction of sp³-hybridized carbons (Fsp3) is 0.300. The number of halogens is 1. The number of amidine groups is 1. The maximum Gasteiger partial charge on any atom is 0.266 e. The van der Waals surface area contributed by atoms with E-state index in [2.05, 4.69) is 15.6 Å². The summed E-state index contributed by atoms with van der Waals surface area (Å²) < 4.78 is 2.12. The number of hydrogen-bond donors (Lipinski definition) is 0. The summed E-state index contributed by atoms with van der Waals surface area (Å²) >= 11 is 7.83. The van der Waals surface area contributed by atoms with E-state index in [1.165, 1.54) is 11.8 Å². The van der Waals surface area contributed by atoms with Crippen LogP contribution >= 0.6 is 23.4 Å². The molecule has 0 radical (unpaired) electrons. The van der Waals surface area contributed by atoms with Crippen LogP contribution in [0.1, 0.15) is 30.8 Å². The molecule has 6 heteroatoms. The van der Waals surface area contributed by atoms with E-state index >= 15 is 0 Å². The van der Waals surface area contributed by atoms with Gasteiger partial charge in [-0.15, -0.1) is 0 Å². The molecule has 3 rings (SSSR count). The fourth-order valence-electron chi connectivity index (χ4n) is 3.12. The molecule has 1 saturated heterocycles. The van der Waals surface area contributed by atoms with Crippen molar-refractivity contribution in [1.29, 1.82) is 0 Å². The van der Waals surface area contributed by atoms with Crippen LogP contribution in [-0.4, -0.2) is 33.6 Å². The largest absolute Gasteiger partial charge is 0.316 e. The first-order chi connectivity index (χ1) is 12.5. The van der Waals surface area contributed by atoms with Crippen LogP contribution in [0, 0.1) is 13.8 Å². The zero-order chi connectivity index (χ0) is 18.8. The molecule has 1 aromatic carbocycles. The summed E-state index contributed by atoms with van der Waals surface area (Å²) in [5.74, 6) is 0.0206. The van der Waals surface area contributed by atoms with Gasteiger partial charge in [-0.05, 0) is 69.3 Å². The van der Waals surface area contributed by atoms with Gasteiger partial charge in [-0.3, -0.25) is 14.7 Å². The lowest BCUT2D eigenvalue weighted by atomic mass is 10.2. The van der Waals surface area contributed by atoms with Crippen molar-refractivity contribution in [2.75, 3.05) is 13.1 Å². The molecule has 1 fully saturated rings. The van der Waals surface area contributed by atoms with Gasteiger partial charge >= 0.3 is 0 Å². The number of benzene rings is 1. The normalized spacial score (nSPS) is 17.7. The fourth-order valence-corrected chi connectivity index (χ4v) is 4.43. The molecule has 2 heterocycles. The first-order valence-electron chi connectivity index (χ1n) is 8.67. The van der Waals surface area contributed by atoms with E-state index in [9.17, 15) is 4.79 Å². The monoisotopic (exact) mass is 387 g/mol. The number of para-hydroxylation sites is 1. The summed E-state index contributed by atoms with van der Waals surface area (Å²) in [6.45, 7) is 9.33. The second kappa shape index (κ2) is 7.72. The summed E-state index contributed by atoms with van der Waals surface area (Å²) in [7, 11) is 0. The molecule has 1 aliphatic rings. The second-order valence-electron chi connectivity index (χ2n) is 6.03. The smallest absolute Gasteiger partial charge is 0.266 e. The van der Waals surface area contributed by atoms with Gasteiger partial charge in [0, 0.05) is 24.5 Å². The number of carbonyl (C=O) groups is 1. The van der Waals surface area contributed by atoms with Crippen LogP contribution in [0.3, 0.4) is 0 Å². The average molecular weight is 388 g/mol. The highest BCUT2D eigenvalue weighted by Gasteiger charge is 2.32. The van der Waals surface area contributed by atoms with Crippen LogP contribution < -0.4 is 0 Å². The molecule has 26 heavy (non-hydrogen) atoms. The lowest BCUT2D eigenvalue weighted by molar-refractivity contribution is -0.122. The standard InChI is InChI=1S/C20H22ClN3OS/c1-5-22-20-23(6-2)19(25)18(26-20)12-15-11-13(3)24(14(15)4)17-10-8-7-9-16(17)21/h7-12H,5-6H2,1-4H3/b18-12+,22-20?. The summed E-state index contributed by atoms with van der Waals surface area (Å²) in [5, 5.41) is 1.49. The van der Waals surface area contributed by atoms with E-state index in [0.717, 1.165) is 27.8 Å². The Hall–Kier alpha value is -1.98. The van der Waals surface area contributed by atoms with Gasteiger partial charge in [0.2, 0.25) is 0 Å². The van der Waals surface area contributed by atoms with Crippen molar-refractivity contribution in [3.05, 3.63) is 57.2 Å². The predicted molar refractivity (Wildman–Crippen MR) is 111 cm³/mol. The van der Waals surface area contributed by atoms with Crippen molar-refractivity contribution in [2.45, 2.75) is 27.7 Å². The number of aromatic nitrogens is 1. The lowest BCUT2D eigenvalue weighted by Crippen LogP contribution is -2.28. The maximum absolute atomic E-state index is 12.7. The van der Waals surface area contributed by atoms with Gasteiger partial charge in [0.1, 0.15) is 0 Å². The summed E-state index contributed by atoms with van der Waals surface area (Å²) in [4.78, 5) is 19.6. The maximum atomic E-state index is 12.7. The molecule has 0 saturated carbocycles. The Morgan fingerprint density at radius 1 is 1.23 bits per heavy atom. The average Bonchev–Trinajstić information content (AvgIpc) is 3.05. The molecule has 0 unspecified atom stereocenters. The molecular weight excluding hydrogens is 366 g/mol. The highest BCUT2D eigenvalue weighted by atomic mass is 35.5. The minimum absolute atomic E-state index is 0.0206. The molecule has 1 aromatic heterocycles. The van der Waals surface area contributed by atoms with Gasteiger partial charge in [-0.1, -0.05) is 23.7 Å². The van der Waals surface area contributed by atoms with Crippen LogP contribution in [0.2, 0.25) is 5.02 Å². The third-order valence-corrected chi connectivity index (χ3v) is 5.71. The first-order valence-corrected chi connectivity index (χ1v) is 9.87. The Morgan fingerprint density at radius 3 is 2.62 bits per heavy atom. The van der Waals surface area contributed by atoms with Gasteiger partial charge in [0.05, 0.1) is 15.6 Å². The summed E-state index contributed by atoms with van der Waals surface area (Å²) in [6.07, 6.45) is 1.96. The van der Waals surface area contributed by atoms with Crippen LogP contribution in [0.25, 0.3) is 11.8 Å². The van der Waals surface area contributed by atoms with Gasteiger partial charge < -0.3 is 4.57 Å². The number of rotatable bonds is 4. The Labute approximate surface area is 163 Å². The van der Waals surface area contributed by atoms with Crippen molar-refractivity contribution in [1.82, 2.24) is 9.47 Å². The number of nitrogens with zero attached hydrogens (tertiary/aromatic N) is 3. The molecule has 1 amide bonds. The molecule has 0 N–H and O–H groups in total. The van der Waals surface area contributed by atoms with E-state index in [0.29, 0.717) is 23.0 Å². The predicted octanol–water partition coefficient (Wildman–Crippen LogP) is 5.06. The van der Waals surface area contributed by atoms with Gasteiger partial charge in [-0.2, -0.15) is 0 Å². The highest BCUT2D eigenvalue weighted by molar-refractivity contribution is 8.18. The van der Waals surface area contributed by atoms with Crippen molar-refractivity contribution < 1.29 is 4.79 Å². The third-order valence-electron chi connectivity index (χ3n) is 4.35. The SMILES string of the molecule is CCN=C1S/C(=C/c2cc(C)n(-c3ccccc3Cl)c2C)C(=O)N1CC. The van der Waals surface area contributed by atoms with Gasteiger partial charge in [0.15, 0.2) is 5.17 Å². The minimum atomic E-state index is 0.0206. The number of carbonyl (C=O) groups excluding carboxylic acids is 1. The Balaban J connectivity index is 2.03. The van der Waals surface area contributed by atoms with Crippen LogP contribution in [0.15, 0.2) is 40.2 Å². The van der Waals surface area contributed by atoms with E-state index in [1.807, 2.05) is 58.0 Å².